The van der Waals surface area contributed by atoms with E-state index >= 15 is 0 Å². The van der Waals surface area contributed by atoms with Crippen molar-refractivity contribution >= 4 is 26.0 Å². The lowest BCUT2D eigenvalue weighted by Crippen LogP contribution is -2.36. The number of amides is 1. The molecule has 3 rings (SSSR count). The number of hydrogen-bond acceptors (Lipinski definition) is 6. The molecule has 0 unspecified atom stereocenters. The molecular formula is C24H27N3O6S2. The fourth-order valence-corrected chi connectivity index (χ4v) is 5.01. The molecule has 0 aliphatic heterocycles. The van der Waals surface area contributed by atoms with Crippen LogP contribution in [0.3, 0.4) is 0 Å². The average Bonchev–Trinajstić information content (AvgIpc) is 2.85. The van der Waals surface area contributed by atoms with Gasteiger partial charge in [-0.1, -0.05) is 48.0 Å². The molecule has 3 aromatic rings. The summed E-state index contributed by atoms with van der Waals surface area (Å²) in [4.78, 5) is 12.2. The van der Waals surface area contributed by atoms with E-state index in [9.17, 15) is 21.6 Å². The summed E-state index contributed by atoms with van der Waals surface area (Å²) < 4.78 is 59.6. The fraction of sp³-hybridized carbons (Fsp3) is 0.208. The summed E-state index contributed by atoms with van der Waals surface area (Å²) in [7, 11) is -7.35. The van der Waals surface area contributed by atoms with Gasteiger partial charge in [0.05, 0.1) is 9.79 Å². The Balaban J connectivity index is 1.40. The van der Waals surface area contributed by atoms with Gasteiger partial charge in [-0.3, -0.25) is 4.79 Å². The van der Waals surface area contributed by atoms with Crippen molar-refractivity contribution in [1.82, 2.24) is 14.8 Å². The van der Waals surface area contributed by atoms with Crippen LogP contribution in [0.25, 0.3) is 0 Å². The lowest BCUT2D eigenvalue weighted by atomic mass is 10.2. The largest absolute Gasteiger partial charge is 0.484 e. The number of ether oxygens (including phenoxy) is 1. The molecule has 0 saturated carbocycles. The predicted octanol–water partition coefficient (Wildman–Crippen LogP) is 1.95. The first-order chi connectivity index (χ1) is 16.7. The van der Waals surface area contributed by atoms with E-state index in [0.29, 0.717) is 5.75 Å². The van der Waals surface area contributed by atoms with Crippen LogP contribution in [-0.4, -0.2) is 42.4 Å². The van der Waals surface area contributed by atoms with Crippen LogP contribution in [0, 0.1) is 6.92 Å². The van der Waals surface area contributed by atoms with Gasteiger partial charge in [-0.15, -0.1) is 0 Å². The summed E-state index contributed by atoms with van der Waals surface area (Å²) in [5.74, 6) is -0.122. The van der Waals surface area contributed by atoms with Gasteiger partial charge in [0.15, 0.2) is 6.61 Å². The normalized spacial score (nSPS) is 11.7. The Kier molecular flexibility index (Phi) is 8.99. The van der Waals surface area contributed by atoms with E-state index in [4.69, 9.17) is 4.74 Å². The molecule has 9 nitrogen and oxygen atoms in total. The molecule has 0 saturated heterocycles. The molecule has 35 heavy (non-hydrogen) atoms. The molecule has 0 heterocycles. The van der Waals surface area contributed by atoms with Crippen LogP contribution in [0.4, 0.5) is 0 Å². The number of hydrogen-bond donors (Lipinski definition) is 3. The van der Waals surface area contributed by atoms with Crippen molar-refractivity contribution in [2.75, 3.05) is 19.7 Å². The van der Waals surface area contributed by atoms with E-state index in [1.54, 1.807) is 12.1 Å². The summed E-state index contributed by atoms with van der Waals surface area (Å²) in [5, 5.41) is 2.56. The van der Waals surface area contributed by atoms with Gasteiger partial charge in [0.25, 0.3) is 5.91 Å². The first-order valence-electron chi connectivity index (χ1n) is 10.8. The van der Waals surface area contributed by atoms with E-state index in [1.807, 2.05) is 37.3 Å². The standard InChI is InChI=1S/C24H27N3O6S2/c1-19-7-11-22(12-8-19)34(29,30)26-16-15-25-24(28)18-33-21-9-13-23(14-10-21)35(31,32)27-17-20-5-3-2-4-6-20/h2-14,26-27H,15-18H2,1H3,(H,25,28). The first kappa shape index (κ1) is 26.4. The summed E-state index contributed by atoms with van der Waals surface area (Å²) in [5.41, 5.74) is 1.79. The minimum Gasteiger partial charge on any atom is -0.484 e. The Hall–Kier alpha value is -3.25. The Bertz CT molecular complexity index is 1330. The number of benzene rings is 3. The maximum atomic E-state index is 12.4. The van der Waals surface area contributed by atoms with Crippen LogP contribution >= 0.6 is 0 Å². The molecule has 0 fully saturated rings. The molecule has 0 aliphatic carbocycles. The van der Waals surface area contributed by atoms with Crippen LogP contribution in [0.15, 0.2) is 88.7 Å². The number of carbonyl (C=O) groups excluding carboxylic acids is 1. The van der Waals surface area contributed by atoms with E-state index < -0.39 is 26.0 Å². The molecule has 186 valence electrons. The van der Waals surface area contributed by atoms with Crippen LogP contribution in [0.2, 0.25) is 0 Å². The zero-order chi connectivity index (χ0) is 25.3. The number of carbonyl (C=O) groups is 1. The second-order valence-corrected chi connectivity index (χ2v) is 11.2. The highest BCUT2D eigenvalue weighted by molar-refractivity contribution is 7.89. The molecule has 0 spiro atoms. The highest BCUT2D eigenvalue weighted by atomic mass is 32.2. The second kappa shape index (κ2) is 11.9. The number of sulfonamides is 2. The molecule has 11 heteroatoms. The molecule has 0 aromatic heterocycles. The van der Waals surface area contributed by atoms with Gasteiger partial charge in [-0.2, -0.15) is 0 Å². The summed E-state index contributed by atoms with van der Waals surface area (Å²) in [6, 6.07) is 21.3. The molecule has 0 radical (unpaired) electrons. The highest BCUT2D eigenvalue weighted by Crippen LogP contribution is 2.16. The summed E-state index contributed by atoms with van der Waals surface area (Å²) in [6.07, 6.45) is 0. The summed E-state index contributed by atoms with van der Waals surface area (Å²) in [6.45, 7) is 1.83. The number of rotatable bonds is 12. The van der Waals surface area contributed by atoms with Crippen molar-refractivity contribution in [2.24, 2.45) is 0 Å². The average molecular weight is 518 g/mol. The molecule has 0 bridgehead atoms. The quantitative estimate of drug-likeness (QED) is 0.315. The van der Waals surface area contributed by atoms with Crippen molar-refractivity contribution < 1.29 is 26.4 Å². The zero-order valence-electron chi connectivity index (χ0n) is 19.1. The Morgan fingerprint density at radius 3 is 1.94 bits per heavy atom. The molecule has 3 aromatic carbocycles. The third-order valence-corrected chi connectivity index (χ3v) is 7.78. The second-order valence-electron chi connectivity index (χ2n) is 7.63. The maximum Gasteiger partial charge on any atom is 0.257 e. The monoisotopic (exact) mass is 517 g/mol. The van der Waals surface area contributed by atoms with E-state index in [1.165, 1.54) is 36.4 Å². The molecule has 1 amide bonds. The van der Waals surface area contributed by atoms with Gasteiger partial charge >= 0.3 is 0 Å². The highest BCUT2D eigenvalue weighted by Gasteiger charge is 2.15. The Morgan fingerprint density at radius 1 is 0.743 bits per heavy atom. The van der Waals surface area contributed by atoms with Crippen LogP contribution in [0.1, 0.15) is 11.1 Å². The minimum absolute atomic E-state index is 0.0183. The van der Waals surface area contributed by atoms with Crippen LogP contribution in [0.5, 0.6) is 5.75 Å². The smallest absolute Gasteiger partial charge is 0.257 e. The lowest BCUT2D eigenvalue weighted by Gasteiger charge is -2.10. The lowest BCUT2D eigenvalue weighted by molar-refractivity contribution is -0.123. The molecular weight excluding hydrogens is 490 g/mol. The topological polar surface area (TPSA) is 131 Å². The molecule has 0 aliphatic rings. The number of nitrogens with one attached hydrogen (secondary N) is 3. The van der Waals surface area contributed by atoms with Crippen molar-refractivity contribution in [1.29, 1.82) is 0 Å². The van der Waals surface area contributed by atoms with Gasteiger partial charge < -0.3 is 10.1 Å². The van der Waals surface area contributed by atoms with Crippen molar-refractivity contribution in [2.45, 2.75) is 23.3 Å². The van der Waals surface area contributed by atoms with Crippen LogP contribution < -0.4 is 19.5 Å². The Labute approximate surface area is 205 Å². The zero-order valence-corrected chi connectivity index (χ0v) is 20.7. The van der Waals surface area contributed by atoms with Gasteiger partial charge in [0.2, 0.25) is 20.0 Å². The van der Waals surface area contributed by atoms with Crippen molar-refractivity contribution in [3.63, 3.8) is 0 Å². The van der Waals surface area contributed by atoms with Crippen molar-refractivity contribution in [3.8, 4) is 5.75 Å². The third kappa shape index (κ3) is 8.18. The minimum atomic E-state index is -3.70. The van der Waals surface area contributed by atoms with Gasteiger partial charge in [0.1, 0.15) is 5.75 Å². The Morgan fingerprint density at radius 2 is 1.31 bits per heavy atom. The summed E-state index contributed by atoms with van der Waals surface area (Å²) >= 11 is 0. The van der Waals surface area contributed by atoms with Gasteiger partial charge in [0, 0.05) is 19.6 Å². The molecule has 0 atom stereocenters. The van der Waals surface area contributed by atoms with Crippen molar-refractivity contribution in [3.05, 3.63) is 90.0 Å². The van der Waals surface area contributed by atoms with Crippen LogP contribution in [-0.2, 0) is 31.4 Å². The van der Waals surface area contributed by atoms with Gasteiger partial charge in [-0.25, -0.2) is 26.3 Å². The third-order valence-electron chi connectivity index (χ3n) is 4.88. The maximum absolute atomic E-state index is 12.4. The van der Waals surface area contributed by atoms with E-state index in [-0.39, 0.29) is 36.0 Å². The number of aryl methyl sites for hydroxylation is 1. The predicted molar refractivity (Wildman–Crippen MR) is 132 cm³/mol. The molecule has 3 N–H and O–H groups in total. The van der Waals surface area contributed by atoms with E-state index in [2.05, 4.69) is 14.8 Å². The van der Waals surface area contributed by atoms with E-state index in [0.717, 1.165) is 11.1 Å². The SMILES string of the molecule is Cc1ccc(S(=O)(=O)NCCNC(=O)COc2ccc(S(=O)(=O)NCc3ccccc3)cc2)cc1. The first-order valence-corrected chi connectivity index (χ1v) is 13.7. The fourth-order valence-electron chi connectivity index (χ4n) is 2.96. The van der Waals surface area contributed by atoms with Gasteiger partial charge in [-0.05, 0) is 48.9 Å².